The molecule has 0 saturated heterocycles. The average molecular weight is 325 g/mol. The Morgan fingerprint density at radius 3 is 2.95 bits per heavy atom. The molecule has 1 aromatic carbocycles. The van der Waals surface area contributed by atoms with Gasteiger partial charge in [-0.2, -0.15) is 0 Å². The number of amides is 1. The Kier molecular flexibility index (Phi) is 5.59. The smallest absolute Gasteiger partial charge is 0.228 e. The van der Waals surface area contributed by atoms with Gasteiger partial charge in [-0.05, 0) is 37.1 Å². The molecule has 6 heteroatoms. The quantitative estimate of drug-likeness (QED) is 0.756. The molecule has 0 atom stereocenters. The highest BCUT2D eigenvalue weighted by Gasteiger charge is 2.12. The Bertz CT molecular complexity index is 602. The zero-order chi connectivity index (χ0) is 15.2. The maximum absolute atomic E-state index is 12.0. The van der Waals surface area contributed by atoms with E-state index in [1.807, 2.05) is 30.5 Å². The lowest BCUT2D eigenvalue weighted by atomic mass is 10.2. The van der Waals surface area contributed by atoms with E-state index < -0.39 is 0 Å². The van der Waals surface area contributed by atoms with Gasteiger partial charge in [0.25, 0.3) is 0 Å². The van der Waals surface area contributed by atoms with Crippen molar-refractivity contribution in [2.24, 2.45) is 0 Å². The Hall–Kier alpha value is -1.59. The van der Waals surface area contributed by atoms with Gasteiger partial charge < -0.3 is 4.74 Å². The van der Waals surface area contributed by atoms with E-state index in [-0.39, 0.29) is 5.91 Å². The van der Waals surface area contributed by atoms with Crippen LogP contribution in [0.5, 0.6) is 5.75 Å². The summed E-state index contributed by atoms with van der Waals surface area (Å²) in [5.74, 6) is 0.818. The zero-order valence-electron chi connectivity index (χ0n) is 12.0. The molecule has 0 radical (unpaired) electrons. The number of ether oxygens (including phenoxy) is 1. The molecule has 4 nitrogen and oxygen atoms in total. The third kappa shape index (κ3) is 4.44. The topological polar surface area (TPSA) is 42.4 Å². The van der Waals surface area contributed by atoms with E-state index in [1.165, 1.54) is 11.3 Å². The predicted molar refractivity (Wildman–Crippen MR) is 86.4 cm³/mol. The second-order valence-electron chi connectivity index (χ2n) is 4.63. The van der Waals surface area contributed by atoms with Gasteiger partial charge in [-0.25, -0.2) is 4.98 Å². The molecule has 112 valence electrons. The highest BCUT2D eigenvalue weighted by atomic mass is 35.5. The van der Waals surface area contributed by atoms with Crippen molar-refractivity contribution in [1.82, 2.24) is 4.98 Å². The first-order valence-corrected chi connectivity index (χ1v) is 7.88. The van der Waals surface area contributed by atoms with Crippen molar-refractivity contribution in [3.63, 3.8) is 0 Å². The van der Waals surface area contributed by atoms with Crippen molar-refractivity contribution in [3.8, 4) is 5.75 Å². The number of carbonyl (C=O) groups is 1. The van der Waals surface area contributed by atoms with Crippen LogP contribution in [0.25, 0.3) is 0 Å². The summed E-state index contributed by atoms with van der Waals surface area (Å²) in [6, 6.07) is 5.54. The van der Waals surface area contributed by atoms with Gasteiger partial charge in [0.1, 0.15) is 5.75 Å². The molecule has 0 spiro atoms. The number of halogens is 1. The lowest BCUT2D eigenvalue weighted by Crippen LogP contribution is -2.26. The van der Waals surface area contributed by atoms with Crippen LogP contribution < -0.4 is 9.64 Å². The summed E-state index contributed by atoms with van der Waals surface area (Å²) in [6.07, 6.45) is 2.79. The first-order valence-electron chi connectivity index (χ1n) is 6.63. The summed E-state index contributed by atoms with van der Waals surface area (Å²) in [6.45, 7) is 2.43. The zero-order valence-corrected chi connectivity index (χ0v) is 13.6. The molecule has 21 heavy (non-hydrogen) atoms. The summed E-state index contributed by atoms with van der Waals surface area (Å²) in [7, 11) is 1.74. The summed E-state index contributed by atoms with van der Waals surface area (Å²) < 4.78 is 5.62. The summed E-state index contributed by atoms with van der Waals surface area (Å²) in [5, 5.41) is 3.29. The SMILES string of the molecule is Cc1cc(OCCCC(=O)N(C)c2nccs2)ccc1Cl. The van der Waals surface area contributed by atoms with E-state index in [2.05, 4.69) is 4.98 Å². The van der Waals surface area contributed by atoms with Gasteiger partial charge in [0.15, 0.2) is 5.13 Å². The number of hydrogen-bond acceptors (Lipinski definition) is 4. The fourth-order valence-electron chi connectivity index (χ4n) is 1.78. The molecular formula is C15H17ClN2O2S. The maximum atomic E-state index is 12.0. The number of hydrogen-bond donors (Lipinski definition) is 0. The van der Waals surface area contributed by atoms with Crippen molar-refractivity contribution in [2.75, 3.05) is 18.6 Å². The molecule has 2 rings (SSSR count). The fraction of sp³-hybridized carbons (Fsp3) is 0.333. The van der Waals surface area contributed by atoms with E-state index in [0.717, 1.165) is 16.3 Å². The molecule has 0 aliphatic carbocycles. The summed E-state index contributed by atoms with van der Waals surface area (Å²) >= 11 is 7.41. The molecule has 0 fully saturated rings. The molecule has 1 amide bonds. The Balaban J connectivity index is 1.74. The molecule has 0 bridgehead atoms. The fourth-order valence-corrected chi connectivity index (χ4v) is 2.52. The van der Waals surface area contributed by atoms with Gasteiger partial charge >= 0.3 is 0 Å². The molecular weight excluding hydrogens is 308 g/mol. The van der Waals surface area contributed by atoms with Crippen LogP contribution in [0, 0.1) is 6.92 Å². The lowest BCUT2D eigenvalue weighted by molar-refractivity contribution is -0.118. The number of aromatic nitrogens is 1. The van der Waals surface area contributed by atoms with Crippen LogP contribution in [0.15, 0.2) is 29.8 Å². The van der Waals surface area contributed by atoms with Crippen LogP contribution in [0.2, 0.25) is 5.02 Å². The molecule has 0 unspecified atom stereocenters. The number of benzene rings is 1. The number of anilines is 1. The van der Waals surface area contributed by atoms with Crippen molar-refractivity contribution in [1.29, 1.82) is 0 Å². The van der Waals surface area contributed by atoms with Crippen LogP contribution in [-0.4, -0.2) is 24.5 Å². The van der Waals surface area contributed by atoms with Gasteiger partial charge in [0.05, 0.1) is 6.61 Å². The standard InChI is InChI=1S/C15H17ClN2O2S/c1-11-10-12(5-6-13(11)16)20-8-3-4-14(19)18(2)15-17-7-9-21-15/h5-7,9-10H,3-4,8H2,1-2H3. The number of aryl methyl sites for hydroxylation is 1. The molecule has 0 aliphatic heterocycles. The Morgan fingerprint density at radius 1 is 1.48 bits per heavy atom. The normalized spacial score (nSPS) is 10.4. The number of carbonyl (C=O) groups excluding carboxylic acids is 1. The maximum Gasteiger partial charge on any atom is 0.228 e. The minimum absolute atomic E-state index is 0.0424. The van der Waals surface area contributed by atoms with Crippen molar-refractivity contribution < 1.29 is 9.53 Å². The van der Waals surface area contributed by atoms with E-state index in [1.54, 1.807) is 18.1 Å². The Labute approximate surface area is 133 Å². The summed E-state index contributed by atoms with van der Waals surface area (Å²) in [5.41, 5.74) is 0.980. The van der Waals surface area contributed by atoms with Crippen molar-refractivity contribution >= 4 is 34.0 Å². The summed E-state index contributed by atoms with van der Waals surface area (Å²) in [4.78, 5) is 17.7. The van der Waals surface area contributed by atoms with Crippen LogP contribution in [0.4, 0.5) is 5.13 Å². The minimum atomic E-state index is 0.0424. The number of thiazole rings is 1. The third-order valence-corrected chi connectivity index (χ3v) is 4.29. The third-order valence-electron chi connectivity index (χ3n) is 3.01. The van der Waals surface area contributed by atoms with Crippen LogP contribution in [-0.2, 0) is 4.79 Å². The molecule has 0 aliphatic rings. The molecule has 0 N–H and O–H groups in total. The van der Waals surface area contributed by atoms with Gasteiger partial charge in [-0.15, -0.1) is 11.3 Å². The van der Waals surface area contributed by atoms with Gasteiger partial charge in [-0.3, -0.25) is 9.69 Å². The predicted octanol–water partition coefficient (Wildman–Crippen LogP) is 3.93. The Morgan fingerprint density at radius 2 is 2.29 bits per heavy atom. The molecule has 1 aromatic heterocycles. The minimum Gasteiger partial charge on any atom is -0.494 e. The van der Waals surface area contributed by atoms with Crippen molar-refractivity contribution in [3.05, 3.63) is 40.4 Å². The van der Waals surface area contributed by atoms with Crippen LogP contribution in [0.1, 0.15) is 18.4 Å². The van der Waals surface area contributed by atoms with E-state index in [0.29, 0.717) is 24.6 Å². The highest BCUT2D eigenvalue weighted by molar-refractivity contribution is 7.13. The van der Waals surface area contributed by atoms with Crippen LogP contribution in [0.3, 0.4) is 0 Å². The largest absolute Gasteiger partial charge is 0.494 e. The highest BCUT2D eigenvalue weighted by Crippen LogP contribution is 2.21. The van der Waals surface area contributed by atoms with E-state index >= 15 is 0 Å². The molecule has 1 heterocycles. The lowest BCUT2D eigenvalue weighted by Gasteiger charge is -2.13. The number of rotatable bonds is 6. The number of nitrogens with zero attached hydrogens (tertiary/aromatic N) is 2. The van der Waals surface area contributed by atoms with E-state index in [4.69, 9.17) is 16.3 Å². The first-order chi connectivity index (χ1) is 10.1. The van der Waals surface area contributed by atoms with E-state index in [9.17, 15) is 4.79 Å². The first kappa shape index (κ1) is 15.8. The molecule has 2 aromatic rings. The van der Waals surface area contributed by atoms with Gasteiger partial charge in [0.2, 0.25) is 5.91 Å². The van der Waals surface area contributed by atoms with Crippen molar-refractivity contribution in [2.45, 2.75) is 19.8 Å². The monoisotopic (exact) mass is 324 g/mol. The van der Waals surface area contributed by atoms with Gasteiger partial charge in [-0.1, -0.05) is 11.6 Å². The second kappa shape index (κ2) is 7.43. The molecule has 0 saturated carbocycles. The second-order valence-corrected chi connectivity index (χ2v) is 5.91. The van der Waals surface area contributed by atoms with Crippen LogP contribution >= 0.6 is 22.9 Å². The van der Waals surface area contributed by atoms with Gasteiger partial charge in [0, 0.05) is 30.1 Å². The average Bonchev–Trinajstić information content (AvgIpc) is 3.00.